The lowest BCUT2D eigenvalue weighted by Crippen LogP contribution is -1.96. The summed E-state index contributed by atoms with van der Waals surface area (Å²) in [5, 5.41) is 4.60. The van der Waals surface area contributed by atoms with Crippen LogP contribution in [0.1, 0.15) is 0 Å². The van der Waals surface area contributed by atoms with Crippen LogP contribution in [-0.4, -0.2) is 14.5 Å². The van der Waals surface area contributed by atoms with Gasteiger partial charge in [-0.05, 0) is 82.9 Å². The van der Waals surface area contributed by atoms with Gasteiger partial charge >= 0.3 is 0 Å². The van der Waals surface area contributed by atoms with Gasteiger partial charge in [-0.3, -0.25) is 0 Å². The van der Waals surface area contributed by atoms with Crippen LogP contribution in [0.25, 0.3) is 105 Å². The van der Waals surface area contributed by atoms with Crippen molar-refractivity contribution in [2.75, 3.05) is 0 Å². The van der Waals surface area contributed by atoms with Crippen LogP contribution in [0.15, 0.2) is 192 Å². The lowest BCUT2D eigenvalue weighted by Gasteiger charge is -2.13. The van der Waals surface area contributed by atoms with Crippen LogP contribution in [0.2, 0.25) is 0 Å². The van der Waals surface area contributed by atoms with Crippen LogP contribution < -0.4 is 0 Å². The Morgan fingerprint density at radius 1 is 0.370 bits per heavy atom. The third-order valence-corrected chi connectivity index (χ3v) is 10.6. The molecule has 3 aromatic heterocycles. The van der Waals surface area contributed by atoms with Crippen LogP contribution >= 0.6 is 0 Å². The Balaban J connectivity index is 1.03. The van der Waals surface area contributed by atoms with Gasteiger partial charge in [0.25, 0.3) is 0 Å². The smallest absolute Gasteiger partial charge is 0.136 e. The Morgan fingerprint density at radius 2 is 0.944 bits per heavy atom. The van der Waals surface area contributed by atoms with Crippen molar-refractivity contribution < 1.29 is 4.42 Å². The number of aromatic nitrogens is 3. The SMILES string of the molecule is c1ccc(-c2cccc(-c3nc4ccccc4nc3-c3cccc4oc5cc(-c6ccc(-n7c8ccccc8c8ccccc87)cc6)ccc5c34)c2)cc1. The number of benzene rings is 8. The van der Waals surface area contributed by atoms with Crippen LogP contribution in [0.4, 0.5) is 0 Å². The molecule has 0 radical (unpaired) electrons. The summed E-state index contributed by atoms with van der Waals surface area (Å²) in [5.74, 6) is 0. The summed E-state index contributed by atoms with van der Waals surface area (Å²) in [5.41, 5.74) is 15.1. The predicted octanol–water partition coefficient (Wildman–Crippen LogP) is 13.3. The Kier molecular flexibility index (Phi) is 6.82. The van der Waals surface area contributed by atoms with Gasteiger partial charge in [0.1, 0.15) is 11.2 Å². The zero-order valence-electron chi connectivity index (χ0n) is 29.1. The average molecular weight is 690 g/mol. The first-order chi connectivity index (χ1) is 26.8. The van der Waals surface area contributed by atoms with Crippen LogP contribution in [0, 0.1) is 0 Å². The van der Waals surface area contributed by atoms with E-state index in [1.165, 1.54) is 21.8 Å². The van der Waals surface area contributed by atoms with E-state index in [0.29, 0.717) is 0 Å². The van der Waals surface area contributed by atoms with Crippen molar-refractivity contribution in [2.24, 2.45) is 0 Å². The monoisotopic (exact) mass is 689 g/mol. The minimum absolute atomic E-state index is 0.820. The van der Waals surface area contributed by atoms with Crippen molar-refractivity contribution in [2.45, 2.75) is 0 Å². The van der Waals surface area contributed by atoms with Crippen molar-refractivity contribution >= 4 is 54.8 Å². The first kappa shape index (κ1) is 30.3. The van der Waals surface area contributed by atoms with Gasteiger partial charge in [-0.15, -0.1) is 0 Å². The summed E-state index contributed by atoms with van der Waals surface area (Å²) < 4.78 is 8.96. The number of nitrogens with zero attached hydrogens (tertiary/aromatic N) is 3. The summed E-state index contributed by atoms with van der Waals surface area (Å²) >= 11 is 0. The average Bonchev–Trinajstić information content (AvgIpc) is 3.79. The van der Waals surface area contributed by atoms with E-state index in [0.717, 1.165) is 83.4 Å². The van der Waals surface area contributed by atoms with Crippen molar-refractivity contribution in [1.82, 2.24) is 14.5 Å². The molecule has 0 aliphatic carbocycles. The summed E-state index contributed by atoms with van der Waals surface area (Å²) in [7, 11) is 0. The molecule has 0 unspecified atom stereocenters. The van der Waals surface area contributed by atoms with Crippen molar-refractivity contribution in [3.8, 4) is 50.5 Å². The molecular weight excluding hydrogens is 659 g/mol. The maximum absolute atomic E-state index is 6.61. The molecule has 54 heavy (non-hydrogen) atoms. The minimum atomic E-state index is 0.820. The first-order valence-corrected chi connectivity index (χ1v) is 18.2. The molecule has 8 aromatic carbocycles. The fourth-order valence-corrected chi connectivity index (χ4v) is 8.07. The number of hydrogen-bond donors (Lipinski definition) is 0. The molecule has 0 saturated carbocycles. The molecule has 0 fully saturated rings. The number of rotatable bonds is 5. The fraction of sp³-hybridized carbons (Fsp3) is 0. The molecule has 11 aromatic rings. The second-order valence-electron chi connectivity index (χ2n) is 13.8. The lowest BCUT2D eigenvalue weighted by atomic mass is 9.96. The van der Waals surface area contributed by atoms with Gasteiger partial charge in [0.2, 0.25) is 0 Å². The molecule has 4 nitrogen and oxygen atoms in total. The largest absolute Gasteiger partial charge is 0.456 e. The van der Waals surface area contributed by atoms with Gasteiger partial charge in [0.05, 0.1) is 33.5 Å². The van der Waals surface area contributed by atoms with E-state index >= 15 is 0 Å². The zero-order chi connectivity index (χ0) is 35.6. The molecule has 0 aliphatic heterocycles. The Bertz CT molecular complexity index is 3160. The summed E-state index contributed by atoms with van der Waals surface area (Å²) in [4.78, 5) is 10.5. The minimum Gasteiger partial charge on any atom is -0.456 e. The van der Waals surface area contributed by atoms with Gasteiger partial charge in [0.15, 0.2) is 0 Å². The quantitative estimate of drug-likeness (QED) is 0.181. The highest BCUT2D eigenvalue weighted by Gasteiger charge is 2.20. The first-order valence-electron chi connectivity index (χ1n) is 18.2. The van der Waals surface area contributed by atoms with E-state index in [1.54, 1.807) is 0 Å². The van der Waals surface area contributed by atoms with Crippen LogP contribution in [-0.2, 0) is 0 Å². The third kappa shape index (κ3) is 4.85. The number of furan rings is 1. The molecule has 252 valence electrons. The van der Waals surface area contributed by atoms with E-state index in [2.05, 4.69) is 156 Å². The second-order valence-corrected chi connectivity index (χ2v) is 13.8. The molecular formula is C50H31N3O. The highest BCUT2D eigenvalue weighted by Crippen LogP contribution is 2.41. The molecule has 11 rings (SSSR count). The van der Waals surface area contributed by atoms with E-state index in [4.69, 9.17) is 14.4 Å². The lowest BCUT2D eigenvalue weighted by molar-refractivity contribution is 0.669. The molecule has 0 N–H and O–H groups in total. The molecule has 0 amide bonds. The molecule has 0 bridgehead atoms. The van der Waals surface area contributed by atoms with E-state index in [-0.39, 0.29) is 0 Å². The maximum Gasteiger partial charge on any atom is 0.136 e. The van der Waals surface area contributed by atoms with Gasteiger partial charge in [0, 0.05) is 38.4 Å². The fourth-order valence-electron chi connectivity index (χ4n) is 8.07. The van der Waals surface area contributed by atoms with Gasteiger partial charge < -0.3 is 8.98 Å². The van der Waals surface area contributed by atoms with Gasteiger partial charge in [-0.2, -0.15) is 0 Å². The summed E-state index contributed by atoms with van der Waals surface area (Å²) in [6, 6.07) is 66.0. The Labute approximate surface area is 311 Å². The molecule has 3 heterocycles. The summed E-state index contributed by atoms with van der Waals surface area (Å²) in [6.07, 6.45) is 0. The third-order valence-electron chi connectivity index (χ3n) is 10.6. The van der Waals surface area contributed by atoms with Gasteiger partial charge in [-0.1, -0.05) is 127 Å². The Hall–Kier alpha value is -7.30. The normalized spacial score (nSPS) is 11.7. The van der Waals surface area contributed by atoms with Crippen molar-refractivity contribution in [3.05, 3.63) is 188 Å². The van der Waals surface area contributed by atoms with E-state index in [1.807, 2.05) is 36.4 Å². The predicted molar refractivity (Wildman–Crippen MR) is 223 cm³/mol. The standard InChI is InChI=1S/C50H31N3O/c1-2-12-32(13-3-1)34-14-10-15-36(30-34)49-50(52-43-20-7-6-19-42(43)51-49)41-18-11-23-46-48(41)40-29-26-35(31-47(40)54-46)33-24-27-37(28-25-33)53-44-21-8-4-16-38(44)39-17-5-9-22-45(39)53/h1-31H. The number of fused-ring (bicyclic) bond motifs is 7. The Morgan fingerprint density at radius 3 is 1.70 bits per heavy atom. The van der Waals surface area contributed by atoms with Crippen LogP contribution in [0.5, 0.6) is 0 Å². The summed E-state index contributed by atoms with van der Waals surface area (Å²) in [6.45, 7) is 0. The highest BCUT2D eigenvalue weighted by atomic mass is 16.3. The van der Waals surface area contributed by atoms with E-state index < -0.39 is 0 Å². The second kappa shape index (κ2) is 12.1. The van der Waals surface area contributed by atoms with Crippen molar-refractivity contribution in [1.29, 1.82) is 0 Å². The number of para-hydroxylation sites is 4. The molecule has 0 spiro atoms. The van der Waals surface area contributed by atoms with Crippen molar-refractivity contribution in [3.63, 3.8) is 0 Å². The highest BCUT2D eigenvalue weighted by molar-refractivity contribution is 6.14. The van der Waals surface area contributed by atoms with E-state index in [9.17, 15) is 0 Å². The molecule has 0 saturated heterocycles. The number of hydrogen-bond acceptors (Lipinski definition) is 3. The zero-order valence-corrected chi connectivity index (χ0v) is 29.1. The van der Waals surface area contributed by atoms with Gasteiger partial charge in [-0.25, -0.2) is 9.97 Å². The molecule has 0 aliphatic rings. The molecule has 4 heteroatoms. The molecule has 0 atom stereocenters. The maximum atomic E-state index is 6.61. The van der Waals surface area contributed by atoms with Crippen LogP contribution in [0.3, 0.4) is 0 Å². The topological polar surface area (TPSA) is 43.9 Å².